The third kappa shape index (κ3) is 3.26. The van der Waals surface area contributed by atoms with Gasteiger partial charge in [0.25, 0.3) is 0 Å². The highest BCUT2D eigenvalue weighted by Gasteiger charge is 2.29. The maximum atomic E-state index is 12.5. The second kappa shape index (κ2) is 6.19. The molecule has 0 saturated carbocycles. The summed E-state index contributed by atoms with van der Waals surface area (Å²) >= 11 is 0. The average molecular weight is 301 g/mol. The van der Waals surface area contributed by atoms with Crippen LogP contribution in [0.25, 0.3) is 0 Å². The summed E-state index contributed by atoms with van der Waals surface area (Å²) in [4.78, 5) is 10.8. The maximum Gasteiger partial charge on any atom is 0.318 e. The van der Waals surface area contributed by atoms with Gasteiger partial charge in [0.1, 0.15) is 11.4 Å². The van der Waals surface area contributed by atoms with Crippen LogP contribution >= 0.6 is 0 Å². The summed E-state index contributed by atoms with van der Waals surface area (Å²) in [6.07, 6.45) is 2.60. The largest absolute Gasteiger partial charge is 0.480 e. The first-order valence-corrected chi connectivity index (χ1v) is 7.52. The summed E-state index contributed by atoms with van der Waals surface area (Å²) in [6, 6.07) is 0.0197. The van der Waals surface area contributed by atoms with Crippen LogP contribution in [-0.4, -0.2) is 46.7 Å². The van der Waals surface area contributed by atoms with Crippen molar-refractivity contribution in [1.82, 2.24) is 14.1 Å². The van der Waals surface area contributed by atoms with Crippen LogP contribution < -0.4 is 0 Å². The molecule has 1 rings (SSSR count). The van der Waals surface area contributed by atoms with E-state index in [2.05, 4.69) is 11.7 Å². The Morgan fingerprint density at radius 1 is 1.60 bits per heavy atom. The molecule has 0 aromatic carbocycles. The molecule has 0 aliphatic carbocycles. The quantitative estimate of drug-likeness (QED) is 0.759. The summed E-state index contributed by atoms with van der Waals surface area (Å²) in [6.45, 7) is 8.19. The molecular formula is C12H19N3O4S. The first-order chi connectivity index (χ1) is 9.21. The molecule has 1 heterocycles. The van der Waals surface area contributed by atoms with E-state index in [1.165, 1.54) is 12.3 Å². The van der Waals surface area contributed by atoms with E-state index in [1.54, 1.807) is 11.6 Å². The second-order valence-corrected chi connectivity index (χ2v) is 6.52. The molecule has 0 unspecified atom stereocenters. The second-order valence-electron chi connectivity index (χ2n) is 4.61. The van der Waals surface area contributed by atoms with Gasteiger partial charge in [0, 0.05) is 12.6 Å². The number of carbonyl (C=O) groups is 1. The minimum absolute atomic E-state index is 0.0197. The molecule has 0 saturated heterocycles. The number of nitrogens with zero attached hydrogens (tertiary/aromatic N) is 3. The summed E-state index contributed by atoms with van der Waals surface area (Å²) in [5.41, 5.74) is 0.486. The summed E-state index contributed by atoms with van der Waals surface area (Å²) in [7, 11) is -3.90. The molecule has 112 valence electrons. The van der Waals surface area contributed by atoms with Crippen LogP contribution in [0.3, 0.4) is 0 Å². The Bertz CT molecular complexity index is 604. The smallest absolute Gasteiger partial charge is 0.318 e. The fourth-order valence-electron chi connectivity index (χ4n) is 1.86. The maximum absolute atomic E-state index is 12.5. The highest BCUT2D eigenvalue weighted by Crippen LogP contribution is 2.21. The Morgan fingerprint density at radius 3 is 2.60 bits per heavy atom. The number of rotatable bonds is 7. The molecule has 0 aliphatic rings. The van der Waals surface area contributed by atoms with Gasteiger partial charge in [-0.1, -0.05) is 6.08 Å². The molecule has 0 radical (unpaired) electrons. The zero-order valence-corrected chi connectivity index (χ0v) is 12.6. The molecule has 0 bridgehead atoms. The molecule has 1 aromatic rings. The van der Waals surface area contributed by atoms with E-state index in [0.29, 0.717) is 5.69 Å². The number of carboxylic acid groups (broad SMARTS) is 1. The van der Waals surface area contributed by atoms with Gasteiger partial charge < -0.3 is 5.11 Å². The van der Waals surface area contributed by atoms with E-state index >= 15 is 0 Å². The lowest BCUT2D eigenvalue weighted by Crippen LogP contribution is -2.36. The lowest BCUT2D eigenvalue weighted by molar-refractivity contribution is -0.137. The zero-order chi connectivity index (χ0) is 15.5. The van der Waals surface area contributed by atoms with Crippen molar-refractivity contribution in [3.63, 3.8) is 0 Å². The van der Waals surface area contributed by atoms with Crippen molar-refractivity contribution in [1.29, 1.82) is 0 Å². The lowest BCUT2D eigenvalue weighted by atomic mass is 10.4. The third-order valence-corrected chi connectivity index (χ3v) is 4.67. The minimum Gasteiger partial charge on any atom is -0.480 e. The molecule has 1 N–H and O–H groups in total. The minimum atomic E-state index is -3.90. The van der Waals surface area contributed by atoms with E-state index in [0.717, 1.165) is 4.31 Å². The number of sulfonamides is 1. The Hall–Kier alpha value is -1.67. The fraction of sp³-hybridized carbons (Fsp3) is 0.500. The van der Waals surface area contributed by atoms with Crippen LogP contribution in [0.5, 0.6) is 0 Å². The predicted molar refractivity (Wildman–Crippen MR) is 73.9 cm³/mol. The van der Waals surface area contributed by atoms with E-state index < -0.39 is 22.5 Å². The Balaban J connectivity index is 3.26. The van der Waals surface area contributed by atoms with Crippen LogP contribution in [0.1, 0.15) is 25.6 Å². The van der Waals surface area contributed by atoms with Crippen molar-refractivity contribution in [2.45, 2.75) is 31.7 Å². The molecule has 0 aliphatic heterocycles. The predicted octanol–water partition coefficient (Wildman–Crippen LogP) is 1.03. The van der Waals surface area contributed by atoms with Gasteiger partial charge in [-0.15, -0.1) is 6.58 Å². The SMILES string of the molecule is C=CCN(CC(=O)O)S(=O)(=O)c1cnn(C(C)C)c1C. The molecule has 0 fully saturated rings. The Morgan fingerprint density at radius 2 is 2.20 bits per heavy atom. The van der Waals surface area contributed by atoms with Gasteiger partial charge in [0.15, 0.2) is 0 Å². The van der Waals surface area contributed by atoms with Gasteiger partial charge in [-0.05, 0) is 20.8 Å². The van der Waals surface area contributed by atoms with Gasteiger partial charge in [0.2, 0.25) is 10.0 Å². The third-order valence-electron chi connectivity index (χ3n) is 2.75. The van der Waals surface area contributed by atoms with Crippen LogP contribution in [0, 0.1) is 6.92 Å². The number of hydrogen-bond donors (Lipinski definition) is 1. The van der Waals surface area contributed by atoms with Crippen LogP contribution in [0.2, 0.25) is 0 Å². The van der Waals surface area contributed by atoms with Crippen LogP contribution in [0.4, 0.5) is 0 Å². The van der Waals surface area contributed by atoms with Crippen molar-refractivity contribution in [2.24, 2.45) is 0 Å². The number of carboxylic acids is 1. The van der Waals surface area contributed by atoms with Crippen molar-refractivity contribution < 1.29 is 18.3 Å². The van der Waals surface area contributed by atoms with Gasteiger partial charge >= 0.3 is 5.97 Å². The highest BCUT2D eigenvalue weighted by molar-refractivity contribution is 7.89. The number of hydrogen-bond acceptors (Lipinski definition) is 4. The summed E-state index contributed by atoms with van der Waals surface area (Å²) < 4.78 is 27.4. The first kappa shape index (κ1) is 16.4. The highest BCUT2D eigenvalue weighted by atomic mass is 32.2. The Labute approximate surface area is 118 Å². The average Bonchev–Trinajstić information content (AvgIpc) is 2.70. The van der Waals surface area contributed by atoms with Crippen molar-refractivity contribution in [2.75, 3.05) is 13.1 Å². The monoisotopic (exact) mass is 301 g/mol. The molecule has 20 heavy (non-hydrogen) atoms. The zero-order valence-electron chi connectivity index (χ0n) is 11.8. The van der Waals surface area contributed by atoms with E-state index in [4.69, 9.17) is 5.11 Å². The van der Waals surface area contributed by atoms with Crippen LogP contribution in [0.15, 0.2) is 23.7 Å². The topological polar surface area (TPSA) is 92.5 Å². The van der Waals surface area contributed by atoms with Gasteiger partial charge in [0.05, 0.1) is 11.9 Å². The fourth-order valence-corrected chi connectivity index (χ4v) is 3.37. The van der Waals surface area contributed by atoms with Gasteiger partial charge in [-0.2, -0.15) is 9.40 Å². The van der Waals surface area contributed by atoms with Crippen molar-refractivity contribution >= 4 is 16.0 Å². The summed E-state index contributed by atoms with van der Waals surface area (Å²) in [5.74, 6) is -1.22. The molecule has 0 amide bonds. The van der Waals surface area contributed by atoms with Gasteiger partial charge in [-0.3, -0.25) is 9.48 Å². The van der Waals surface area contributed by atoms with Gasteiger partial charge in [-0.25, -0.2) is 8.42 Å². The normalized spacial score (nSPS) is 12.1. The molecule has 0 spiro atoms. The van der Waals surface area contributed by atoms with E-state index in [-0.39, 0.29) is 17.5 Å². The molecule has 7 nitrogen and oxygen atoms in total. The molecule has 8 heteroatoms. The van der Waals surface area contributed by atoms with E-state index in [1.807, 2.05) is 13.8 Å². The molecule has 0 atom stereocenters. The lowest BCUT2D eigenvalue weighted by Gasteiger charge is -2.18. The van der Waals surface area contributed by atoms with Crippen LogP contribution in [-0.2, 0) is 14.8 Å². The molecular weight excluding hydrogens is 282 g/mol. The van der Waals surface area contributed by atoms with Crippen molar-refractivity contribution in [3.8, 4) is 0 Å². The Kier molecular flexibility index (Phi) is 5.07. The van der Waals surface area contributed by atoms with Crippen molar-refractivity contribution in [3.05, 3.63) is 24.5 Å². The molecule has 1 aromatic heterocycles. The number of aromatic nitrogens is 2. The standard InChI is InChI=1S/C12H19N3O4S/c1-5-6-14(8-12(16)17)20(18,19)11-7-13-15(9(2)3)10(11)4/h5,7,9H,1,6,8H2,2-4H3,(H,16,17). The summed E-state index contributed by atoms with van der Waals surface area (Å²) in [5, 5.41) is 12.9. The number of aliphatic carboxylic acids is 1. The van der Waals surface area contributed by atoms with E-state index in [9.17, 15) is 13.2 Å². The first-order valence-electron chi connectivity index (χ1n) is 6.08.